The third-order valence-electron chi connectivity index (χ3n) is 5.66. The summed E-state index contributed by atoms with van der Waals surface area (Å²) in [6.45, 7) is 11.2. The summed E-state index contributed by atoms with van der Waals surface area (Å²) in [4.78, 5) is 14.8. The van der Waals surface area contributed by atoms with E-state index in [1.54, 1.807) is 0 Å². The molecule has 0 amide bonds. The number of aliphatic imine (C=N–C) groups is 1. The van der Waals surface area contributed by atoms with Gasteiger partial charge in [-0.15, -0.1) is 0 Å². The summed E-state index contributed by atoms with van der Waals surface area (Å²) in [6.07, 6.45) is 1.96. The largest absolute Gasteiger partial charge is 0.356 e. The zero-order valence-electron chi connectivity index (χ0n) is 15.5. The molecule has 1 aromatic carbocycles. The summed E-state index contributed by atoms with van der Waals surface area (Å²) in [5.74, 6) is 2.06. The van der Waals surface area contributed by atoms with Gasteiger partial charge in [0.2, 0.25) is 0 Å². The highest BCUT2D eigenvalue weighted by Crippen LogP contribution is 2.46. The van der Waals surface area contributed by atoms with Crippen molar-refractivity contribution in [1.29, 1.82) is 0 Å². The molecule has 0 bridgehead atoms. The second kappa shape index (κ2) is 6.11. The average Bonchev–Trinajstić information content (AvgIpc) is 2.96. The minimum Gasteiger partial charge on any atom is -0.356 e. The number of imidazole rings is 1. The van der Waals surface area contributed by atoms with E-state index in [2.05, 4.69) is 58.9 Å². The topological polar surface area (TPSA) is 56.3 Å². The van der Waals surface area contributed by atoms with Gasteiger partial charge in [-0.25, -0.2) is 4.98 Å². The highest BCUT2D eigenvalue weighted by Gasteiger charge is 2.53. The normalized spacial score (nSPS) is 19.4. The smallest absolute Gasteiger partial charge is 0.194 e. The molecule has 1 aliphatic rings. The maximum absolute atomic E-state index is 4.63. The van der Waals surface area contributed by atoms with Gasteiger partial charge in [0.15, 0.2) is 5.96 Å². The number of aromatic amines is 1. The van der Waals surface area contributed by atoms with Gasteiger partial charge in [-0.05, 0) is 32.4 Å². The van der Waals surface area contributed by atoms with Crippen LogP contribution in [-0.2, 0) is 6.42 Å². The second-order valence-corrected chi connectivity index (χ2v) is 7.81. The summed E-state index contributed by atoms with van der Waals surface area (Å²) < 4.78 is 0. The molecule has 3 rings (SSSR count). The fourth-order valence-electron chi connectivity index (χ4n) is 3.28. The second-order valence-electron chi connectivity index (χ2n) is 7.81. The van der Waals surface area contributed by atoms with Crippen molar-refractivity contribution < 1.29 is 0 Å². The Morgan fingerprint density at radius 2 is 2.04 bits per heavy atom. The third-order valence-corrected chi connectivity index (χ3v) is 5.66. The minimum atomic E-state index is 0.133. The lowest BCUT2D eigenvalue weighted by atomic mass is 9.65. The summed E-state index contributed by atoms with van der Waals surface area (Å²) in [5, 5.41) is 3.50. The molecule has 2 heterocycles. The molecule has 0 radical (unpaired) electrons. The molecular formula is C19H29N5. The van der Waals surface area contributed by atoms with Gasteiger partial charge in [0, 0.05) is 37.5 Å². The zero-order valence-corrected chi connectivity index (χ0v) is 15.5. The lowest BCUT2D eigenvalue weighted by Crippen LogP contribution is -2.72. The molecule has 0 aliphatic carbocycles. The van der Waals surface area contributed by atoms with E-state index in [0.717, 1.165) is 48.7 Å². The van der Waals surface area contributed by atoms with Crippen LogP contribution in [0.15, 0.2) is 29.3 Å². The van der Waals surface area contributed by atoms with E-state index < -0.39 is 0 Å². The number of fused-ring (bicyclic) bond motifs is 1. The Hall–Kier alpha value is -2.04. The molecule has 1 saturated heterocycles. The molecule has 0 saturated carbocycles. The molecule has 5 nitrogen and oxygen atoms in total. The van der Waals surface area contributed by atoms with E-state index >= 15 is 0 Å². The fraction of sp³-hybridized carbons (Fsp3) is 0.579. The van der Waals surface area contributed by atoms with Gasteiger partial charge in [-0.2, -0.15) is 0 Å². The number of guanidine groups is 1. The van der Waals surface area contributed by atoms with Gasteiger partial charge < -0.3 is 15.2 Å². The SMILES string of the molecule is CN=C(NCCCc1nc2ccccc2[nH]1)N1CC(C)(C)C1(C)C. The van der Waals surface area contributed by atoms with Gasteiger partial charge >= 0.3 is 0 Å². The van der Waals surface area contributed by atoms with Crippen LogP contribution < -0.4 is 5.32 Å². The van der Waals surface area contributed by atoms with Crippen molar-refractivity contribution in [1.82, 2.24) is 20.2 Å². The van der Waals surface area contributed by atoms with E-state index in [0.29, 0.717) is 5.41 Å². The molecule has 2 N–H and O–H groups in total. The van der Waals surface area contributed by atoms with Gasteiger partial charge in [-0.3, -0.25) is 4.99 Å². The first-order chi connectivity index (χ1) is 11.3. The third kappa shape index (κ3) is 2.87. The summed E-state index contributed by atoms with van der Waals surface area (Å²) in [7, 11) is 1.86. The summed E-state index contributed by atoms with van der Waals surface area (Å²) in [6, 6.07) is 8.17. The minimum absolute atomic E-state index is 0.133. The van der Waals surface area contributed by atoms with Crippen LogP contribution in [0.2, 0.25) is 0 Å². The molecule has 0 spiro atoms. The first-order valence-electron chi connectivity index (χ1n) is 8.77. The van der Waals surface area contributed by atoms with Crippen LogP contribution in [-0.4, -0.2) is 46.5 Å². The van der Waals surface area contributed by atoms with Crippen LogP contribution in [0.25, 0.3) is 11.0 Å². The lowest BCUT2D eigenvalue weighted by molar-refractivity contribution is -0.0667. The molecule has 5 heteroatoms. The summed E-state index contributed by atoms with van der Waals surface area (Å²) >= 11 is 0. The average molecular weight is 327 g/mol. The van der Waals surface area contributed by atoms with Crippen molar-refractivity contribution in [3.8, 4) is 0 Å². The first kappa shape index (κ1) is 16.8. The molecule has 1 aliphatic heterocycles. The Balaban J connectivity index is 1.50. The summed E-state index contributed by atoms with van der Waals surface area (Å²) in [5.41, 5.74) is 2.61. The number of hydrogen-bond acceptors (Lipinski definition) is 2. The van der Waals surface area contributed by atoms with Crippen molar-refractivity contribution >= 4 is 17.0 Å². The number of hydrogen-bond donors (Lipinski definition) is 2. The maximum Gasteiger partial charge on any atom is 0.194 e. The monoisotopic (exact) mass is 327 g/mol. The molecular weight excluding hydrogens is 298 g/mol. The van der Waals surface area contributed by atoms with Gasteiger partial charge in [0.25, 0.3) is 0 Å². The number of aryl methyl sites for hydroxylation is 1. The number of likely N-dealkylation sites (tertiary alicyclic amines) is 1. The molecule has 24 heavy (non-hydrogen) atoms. The van der Waals surface area contributed by atoms with Crippen LogP contribution >= 0.6 is 0 Å². The molecule has 0 atom stereocenters. The van der Waals surface area contributed by atoms with Crippen molar-refractivity contribution in [2.45, 2.75) is 46.1 Å². The van der Waals surface area contributed by atoms with E-state index in [9.17, 15) is 0 Å². The molecule has 1 aromatic heterocycles. The van der Waals surface area contributed by atoms with Crippen molar-refractivity contribution in [3.63, 3.8) is 0 Å². The van der Waals surface area contributed by atoms with Crippen LogP contribution in [0.5, 0.6) is 0 Å². The van der Waals surface area contributed by atoms with Crippen LogP contribution in [0.3, 0.4) is 0 Å². The molecule has 0 unspecified atom stereocenters. The number of rotatable bonds is 4. The van der Waals surface area contributed by atoms with Gasteiger partial charge in [-0.1, -0.05) is 26.0 Å². The molecule has 130 valence electrons. The predicted octanol–water partition coefficient (Wildman–Crippen LogP) is 3.19. The van der Waals surface area contributed by atoms with E-state index in [1.165, 1.54) is 0 Å². The number of para-hydroxylation sites is 2. The number of H-pyrrole nitrogens is 1. The standard InChI is InChI=1S/C19H29N5/c1-18(2)13-24(19(18,3)4)17(20-5)21-12-8-11-16-22-14-9-6-7-10-15(14)23-16/h6-7,9-10H,8,11-13H2,1-5H3,(H,20,21)(H,22,23). The number of aromatic nitrogens is 2. The van der Waals surface area contributed by atoms with E-state index in [1.807, 2.05) is 25.2 Å². The lowest BCUT2D eigenvalue weighted by Gasteiger charge is -2.62. The Kier molecular flexibility index (Phi) is 4.28. The highest BCUT2D eigenvalue weighted by molar-refractivity contribution is 5.82. The van der Waals surface area contributed by atoms with Crippen molar-refractivity contribution in [3.05, 3.63) is 30.1 Å². The number of nitrogens with zero attached hydrogens (tertiary/aromatic N) is 3. The van der Waals surface area contributed by atoms with Crippen molar-refractivity contribution in [2.75, 3.05) is 20.1 Å². The number of nitrogens with one attached hydrogen (secondary N) is 2. The van der Waals surface area contributed by atoms with Gasteiger partial charge in [0.05, 0.1) is 11.0 Å². The predicted molar refractivity (Wildman–Crippen MR) is 100 cm³/mol. The van der Waals surface area contributed by atoms with Gasteiger partial charge in [0.1, 0.15) is 5.82 Å². The zero-order chi connectivity index (χ0) is 17.4. The Morgan fingerprint density at radius 3 is 2.67 bits per heavy atom. The molecule has 2 aromatic rings. The van der Waals surface area contributed by atoms with E-state index in [4.69, 9.17) is 0 Å². The highest BCUT2D eigenvalue weighted by atomic mass is 15.4. The fourth-order valence-corrected chi connectivity index (χ4v) is 3.28. The van der Waals surface area contributed by atoms with E-state index in [-0.39, 0.29) is 5.54 Å². The van der Waals surface area contributed by atoms with Crippen molar-refractivity contribution in [2.24, 2.45) is 10.4 Å². The Bertz CT molecular complexity index is 708. The van der Waals surface area contributed by atoms with Crippen LogP contribution in [0, 0.1) is 5.41 Å². The Labute approximate surface area is 144 Å². The number of benzene rings is 1. The quantitative estimate of drug-likeness (QED) is 0.515. The van der Waals surface area contributed by atoms with Crippen LogP contribution in [0.1, 0.15) is 39.9 Å². The Morgan fingerprint density at radius 1 is 1.29 bits per heavy atom. The molecule has 1 fully saturated rings. The van der Waals surface area contributed by atoms with Crippen LogP contribution in [0.4, 0.5) is 0 Å². The maximum atomic E-state index is 4.63. The first-order valence-corrected chi connectivity index (χ1v) is 8.77.